The van der Waals surface area contributed by atoms with E-state index in [9.17, 15) is 9.90 Å². The number of nitrogens with one attached hydrogen (secondary N) is 1. The zero-order valence-electron chi connectivity index (χ0n) is 13.6. The Morgan fingerprint density at radius 3 is 2.83 bits per heavy atom. The molecular formula is C20H19NO3. The molecular weight excluding hydrogens is 302 g/mol. The number of hydrogen-bond acceptors (Lipinski definition) is 4. The molecule has 0 atom stereocenters. The highest BCUT2D eigenvalue weighted by Crippen LogP contribution is 2.28. The summed E-state index contributed by atoms with van der Waals surface area (Å²) in [6, 6.07) is 11.4. The van der Waals surface area contributed by atoms with Crippen molar-refractivity contribution < 1.29 is 9.52 Å². The highest BCUT2D eigenvalue weighted by molar-refractivity contribution is 5.85. The van der Waals surface area contributed by atoms with Gasteiger partial charge in [-0.25, -0.2) is 4.79 Å². The van der Waals surface area contributed by atoms with E-state index in [-0.39, 0.29) is 5.75 Å². The number of rotatable bonds is 3. The second-order valence-corrected chi connectivity index (χ2v) is 6.37. The van der Waals surface area contributed by atoms with Gasteiger partial charge in [0.2, 0.25) is 0 Å². The first-order chi connectivity index (χ1) is 11.6. The topological polar surface area (TPSA) is 62.5 Å². The highest BCUT2D eigenvalue weighted by atomic mass is 16.4. The summed E-state index contributed by atoms with van der Waals surface area (Å²) in [5.41, 5.74) is 5.42. The number of aryl methyl sites for hydroxylation is 3. The third kappa shape index (κ3) is 2.54. The minimum absolute atomic E-state index is 0.134. The van der Waals surface area contributed by atoms with Gasteiger partial charge in [0, 0.05) is 29.2 Å². The number of aromatic hydroxyl groups is 1. The number of phenols is 1. The zero-order chi connectivity index (χ0) is 16.7. The largest absolute Gasteiger partial charge is 0.508 e. The van der Waals surface area contributed by atoms with Crippen LogP contribution in [0.15, 0.2) is 45.6 Å². The lowest BCUT2D eigenvalue weighted by atomic mass is 10.1. The number of benzene rings is 2. The number of fused-ring (bicyclic) bond motifs is 2. The van der Waals surface area contributed by atoms with Crippen molar-refractivity contribution >= 4 is 16.7 Å². The van der Waals surface area contributed by atoms with Crippen molar-refractivity contribution in [3.8, 4) is 5.75 Å². The Morgan fingerprint density at radius 1 is 1.12 bits per heavy atom. The lowest BCUT2D eigenvalue weighted by molar-refractivity contribution is 0.468. The van der Waals surface area contributed by atoms with E-state index in [1.165, 1.54) is 30.0 Å². The summed E-state index contributed by atoms with van der Waals surface area (Å²) in [5, 5.41) is 14.1. The smallest absolute Gasteiger partial charge is 0.336 e. The van der Waals surface area contributed by atoms with Crippen LogP contribution in [0.1, 0.15) is 28.7 Å². The molecule has 0 unspecified atom stereocenters. The van der Waals surface area contributed by atoms with Gasteiger partial charge in [0.25, 0.3) is 0 Å². The molecule has 0 aliphatic heterocycles. The molecule has 2 aromatic carbocycles. The van der Waals surface area contributed by atoms with Gasteiger partial charge in [0.15, 0.2) is 0 Å². The Labute approximate surface area is 139 Å². The van der Waals surface area contributed by atoms with Gasteiger partial charge in [-0.2, -0.15) is 0 Å². The van der Waals surface area contributed by atoms with Crippen molar-refractivity contribution in [1.29, 1.82) is 0 Å². The normalized spacial score (nSPS) is 13.2. The molecule has 0 saturated carbocycles. The molecule has 1 aliphatic carbocycles. The monoisotopic (exact) mass is 321 g/mol. The number of anilines is 1. The summed E-state index contributed by atoms with van der Waals surface area (Å²) in [4.78, 5) is 11.9. The minimum Gasteiger partial charge on any atom is -0.508 e. The van der Waals surface area contributed by atoms with E-state index in [1.54, 1.807) is 19.1 Å². The van der Waals surface area contributed by atoms with Crippen molar-refractivity contribution in [2.24, 2.45) is 0 Å². The molecule has 24 heavy (non-hydrogen) atoms. The van der Waals surface area contributed by atoms with Crippen LogP contribution in [0.25, 0.3) is 11.0 Å². The first-order valence-electron chi connectivity index (χ1n) is 8.23. The quantitative estimate of drug-likeness (QED) is 0.718. The highest BCUT2D eigenvalue weighted by Gasteiger charge is 2.12. The van der Waals surface area contributed by atoms with Crippen molar-refractivity contribution in [2.45, 2.75) is 32.7 Å². The van der Waals surface area contributed by atoms with E-state index >= 15 is 0 Å². The molecule has 0 amide bonds. The summed E-state index contributed by atoms with van der Waals surface area (Å²) < 4.78 is 5.28. The molecule has 3 aromatic rings. The molecule has 1 aromatic heterocycles. The molecule has 4 heteroatoms. The van der Waals surface area contributed by atoms with Gasteiger partial charge >= 0.3 is 5.63 Å². The second kappa shape index (κ2) is 5.71. The Kier molecular flexibility index (Phi) is 3.53. The van der Waals surface area contributed by atoms with E-state index in [4.69, 9.17) is 4.42 Å². The first kappa shape index (κ1) is 14.8. The van der Waals surface area contributed by atoms with Crippen LogP contribution >= 0.6 is 0 Å². The van der Waals surface area contributed by atoms with E-state index < -0.39 is 5.63 Å². The second-order valence-electron chi connectivity index (χ2n) is 6.37. The maximum atomic E-state index is 11.9. The fraction of sp³-hybridized carbons (Fsp3) is 0.250. The maximum absolute atomic E-state index is 11.9. The fourth-order valence-electron chi connectivity index (χ4n) is 3.44. The summed E-state index contributed by atoms with van der Waals surface area (Å²) in [6.07, 6.45) is 3.54. The van der Waals surface area contributed by atoms with Gasteiger partial charge in [0.1, 0.15) is 11.3 Å². The van der Waals surface area contributed by atoms with Crippen LogP contribution < -0.4 is 10.9 Å². The van der Waals surface area contributed by atoms with Crippen molar-refractivity contribution in [1.82, 2.24) is 0 Å². The molecule has 0 saturated heterocycles. The van der Waals surface area contributed by atoms with Crippen molar-refractivity contribution in [3.63, 3.8) is 0 Å². The van der Waals surface area contributed by atoms with Crippen LogP contribution in [0.4, 0.5) is 5.69 Å². The number of phenolic OH excluding ortho intramolecular Hbond substituents is 1. The van der Waals surface area contributed by atoms with Crippen LogP contribution in [0.5, 0.6) is 5.75 Å². The molecule has 122 valence electrons. The third-order valence-corrected chi connectivity index (χ3v) is 4.80. The summed E-state index contributed by atoms with van der Waals surface area (Å²) >= 11 is 0. The Morgan fingerprint density at radius 2 is 1.96 bits per heavy atom. The standard InChI is InChI=1S/C20H19NO3/c1-12-18(22)8-7-17-15(10-19(23)24-20(12)17)11-21-16-6-5-13-3-2-4-14(13)9-16/h5-10,21-22H,2-4,11H2,1H3. The van der Waals surface area contributed by atoms with Gasteiger partial charge < -0.3 is 14.8 Å². The van der Waals surface area contributed by atoms with Gasteiger partial charge in [-0.05, 0) is 67.1 Å². The lowest BCUT2D eigenvalue weighted by Crippen LogP contribution is -2.06. The van der Waals surface area contributed by atoms with E-state index in [0.717, 1.165) is 23.1 Å². The van der Waals surface area contributed by atoms with E-state index in [0.29, 0.717) is 17.7 Å². The molecule has 0 bridgehead atoms. The zero-order valence-corrected chi connectivity index (χ0v) is 13.6. The average molecular weight is 321 g/mol. The third-order valence-electron chi connectivity index (χ3n) is 4.80. The molecule has 0 spiro atoms. The first-order valence-corrected chi connectivity index (χ1v) is 8.23. The van der Waals surface area contributed by atoms with Crippen LogP contribution in [-0.2, 0) is 19.4 Å². The molecule has 0 radical (unpaired) electrons. The summed E-state index contributed by atoms with van der Waals surface area (Å²) in [6.45, 7) is 2.28. The lowest BCUT2D eigenvalue weighted by Gasteiger charge is -2.11. The van der Waals surface area contributed by atoms with Gasteiger partial charge in [0.05, 0.1) is 0 Å². The molecule has 1 heterocycles. The van der Waals surface area contributed by atoms with Crippen LogP contribution in [0.3, 0.4) is 0 Å². The van der Waals surface area contributed by atoms with Gasteiger partial charge in [-0.3, -0.25) is 0 Å². The molecule has 4 nitrogen and oxygen atoms in total. The van der Waals surface area contributed by atoms with Crippen LogP contribution in [0.2, 0.25) is 0 Å². The molecule has 4 rings (SSSR count). The van der Waals surface area contributed by atoms with Crippen molar-refractivity contribution in [3.05, 3.63) is 69.1 Å². The Hall–Kier alpha value is -2.75. The molecule has 2 N–H and O–H groups in total. The molecule has 0 fully saturated rings. The van der Waals surface area contributed by atoms with E-state index in [1.807, 2.05) is 0 Å². The van der Waals surface area contributed by atoms with Crippen LogP contribution in [-0.4, -0.2) is 5.11 Å². The van der Waals surface area contributed by atoms with Gasteiger partial charge in [-0.15, -0.1) is 0 Å². The van der Waals surface area contributed by atoms with Crippen LogP contribution in [0, 0.1) is 6.92 Å². The SMILES string of the molecule is Cc1c(O)ccc2c(CNc3ccc4c(c3)CCC4)cc(=O)oc12. The van der Waals surface area contributed by atoms with E-state index in [2.05, 4.69) is 23.5 Å². The van der Waals surface area contributed by atoms with Crippen molar-refractivity contribution in [2.75, 3.05) is 5.32 Å². The van der Waals surface area contributed by atoms with Gasteiger partial charge in [-0.1, -0.05) is 6.07 Å². The Bertz CT molecular complexity index is 988. The average Bonchev–Trinajstić information content (AvgIpc) is 3.04. The predicted molar refractivity (Wildman–Crippen MR) is 94.7 cm³/mol. The number of hydrogen-bond donors (Lipinski definition) is 2. The summed E-state index contributed by atoms with van der Waals surface area (Å²) in [7, 11) is 0. The predicted octanol–water partition coefficient (Wildman–Crippen LogP) is 3.91. The maximum Gasteiger partial charge on any atom is 0.336 e. The Balaban J connectivity index is 1.67. The summed E-state index contributed by atoms with van der Waals surface area (Å²) in [5.74, 6) is 0.134. The fourth-order valence-corrected chi connectivity index (χ4v) is 3.44. The molecule has 1 aliphatic rings. The minimum atomic E-state index is -0.401.